The summed E-state index contributed by atoms with van der Waals surface area (Å²) in [5, 5.41) is 10.8. The van der Waals surface area contributed by atoms with Crippen LogP contribution in [0.2, 0.25) is 0 Å². The minimum Gasteiger partial charge on any atom is -0.344 e. The van der Waals surface area contributed by atoms with Gasteiger partial charge in [0, 0.05) is 10.8 Å². The van der Waals surface area contributed by atoms with E-state index in [9.17, 15) is 24.0 Å². The number of rotatable bonds is 12. The van der Waals surface area contributed by atoms with Gasteiger partial charge >= 0.3 is 0 Å². The third-order valence-corrected chi connectivity index (χ3v) is 5.59. The molecular weight excluding hydrogens is 460 g/mol. The van der Waals surface area contributed by atoms with Gasteiger partial charge < -0.3 is 21.3 Å². The fraction of sp³-hybridized carbons (Fsp3) is 0.815. The van der Waals surface area contributed by atoms with Crippen LogP contribution in [-0.4, -0.2) is 53.6 Å². The average Bonchev–Trinajstić information content (AvgIpc) is 2.69. The number of ketones is 1. The van der Waals surface area contributed by atoms with Crippen molar-refractivity contribution in [2.24, 2.45) is 22.7 Å². The zero-order chi connectivity index (χ0) is 28.6. The minimum absolute atomic E-state index is 0.0701. The van der Waals surface area contributed by atoms with E-state index in [-0.39, 0.29) is 23.5 Å². The second-order valence-corrected chi connectivity index (χ2v) is 12.7. The first-order chi connectivity index (χ1) is 16.2. The van der Waals surface area contributed by atoms with E-state index in [4.69, 9.17) is 0 Å². The lowest BCUT2D eigenvalue weighted by Gasteiger charge is -2.28. The lowest BCUT2D eigenvalue weighted by Crippen LogP contribution is -2.57. The fourth-order valence-corrected chi connectivity index (χ4v) is 3.38. The highest BCUT2D eigenvalue weighted by atomic mass is 16.2. The molecule has 9 nitrogen and oxygen atoms in total. The Labute approximate surface area is 217 Å². The monoisotopic (exact) mass is 510 g/mol. The molecular formula is C27H50N4O5. The molecule has 0 spiro atoms. The number of Topliss-reactive ketones (excluding diaryl/α,β-unsaturated/α-hetero) is 1. The summed E-state index contributed by atoms with van der Waals surface area (Å²) >= 11 is 0. The second kappa shape index (κ2) is 13.7. The standard InChI is InChI=1S/C27H50N4O5/c1-15(2)13-19(21(32)26(7,8)9)30-22(33)17(5)28-24(35)20(14-16(3)4)31-23(34)18(6)29-25(36)27(10,11)12/h15-20H,13-14H2,1-12H3,(H,28,35)(H,29,36)(H,30,33)(H,31,34)/t17-,18-,19-,20-/m1/s1. The molecule has 0 unspecified atom stereocenters. The normalized spacial score (nSPS) is 15.5. The van der Waals surface area contributed by atoms with Gasteiger partial charge in [-0.1, -0.05) is 69.2 Å². The van der Waals surface area contributed by atoms with Crippen LogP contribution in [0.1, 0.15) is 95.9 Å². The summed E-state index contributed by atoms with van der Waals surface area (Å²) in [6.45, 7) is 21.6. The van der Waals surface area contributed by atoms with Gasteiger partial charge in [0.1, 0.15) is 18.1 Å². The Morgan fingerprint density at radius 2 is 0.917 bits per heavy atom. The van der Waals surface area contributed by atoms with Gasteiger partial charge in [0.2, 0.25) is 23.6 Å². The Balaban J connectivity index is 5.37. The smallest absolute Gasteiger partial charge is 0.243 e. The molecule has 0 aliphatic rings. The van der Waals surface area contributed by atoms with Gasteiger partial charge in [-0.15, -0.1) is 0 Å². The van der Waals surface area contributed by atoms with Crippen LogP contribution in [0.4, 0.5) is 0 Å². The maximum absolute atomic E-state index is 13.0. The molecule has 0 radical (unpaired) electrons. The van der Waals surface area contributed by atoms with Crippen LogP contribution >= 0.6 is 0 Å². The largest absolute Gasteiger partial charge is 0.344 e. The zero-order valence-corrected chi connectivity index (χ0v) is 24.4. The molecule has 4 amide bonds. The van der Waals surface area contributed by atoms with E-state index in [1.165, 1.54) is 0 Å². The Morgan fingerprint density at radius 3 is 1.31 bits per heavy atom. The van der Waals surface area contributed by atoms with Gasteiger partial charge in [-0.3, -0.25) is 24.0 Å². The van der Waals surface area contributed by atoms with Gasteiger partial charge in [0.25, 0.3) is 0 Å². The Morgan fingerprint density at radius 1 is 0.528 bits per heavy atom. The van der Waals surface area contributed by atoms with Crippen molar-refractivity contribution in [3.05, 3.63) is 0 Å². The molecule has 0 saturated heterocycles. The molecule has 0 aromatic carbocycles. The average molecular weight is 511 g/mol. The van der Waals surface area contributed by atoms with Crippen molar-refractivity contribution in [2.75, 3.05) is 0 Å². The number of nitrogens with one attached hydrogen (secondary N) is 4. The molecule has 0 aliphatic heterocycles. The first-order valence-corrected chi connectivity index (χ1v) is 12.9. The highest BCUT2D eigenvalue weighted by Crippen LogP contribution is 2.20. The highest BCUT2D eigenvalue weighted by Gasteiger charge is 2.33. The Bertz CT molecular complexity index is 793. The van der Waals surface area contributed by atoms with Crippen LogP contribution in [0.25, 0.3) is 0 Å². The van der Waals surface area contributed by atoms with Crippen LogP contribution in [0.5, 0.6) is 0 Å². The van der Waals surface area contributed by atoms with Crippen molar-refractivity contribution in [2.45, 2.75) is 120 Å². The van der Waals surface area contributed by atoms with Crippen molar-refractivity contribution in [1.82, 2.24) is 21.3 Å². The lowest BCUT2D eigenvalue weighted by molar-refractivity contribution is -0.136. The second-order valence-electron chi connectivity index (χ2n) is 12.7. The summed E-state index contributed by atoms with van der Waals surface area (Å²) in [6, 6.07) is -3.29. The molecule has 4 atom stereocenters. The molecule has 0 aliphatic carbocycles. The molecule has 208 valence electrons. The van der Waals surface area contributed by atoms with E-state index in [0.717, 1.165) is 0 Å². The van der Waals surface area contributed by atoms with Gasteiger partial charge in [-0.2, -0.15) is 0 Å². The van der Waals surface area contributed by atoms with E-state index < -0.39 is 52.7 Å². The molecule has 0 aromatic heterocycles. The van der Waals surface area contributed by atoms with E-state index in [1.807, 2.05) is 48.5 Å². The molecule has 0 heterocycles. The van der Waals surface area contributed by atoms with Crippen molar-refractivity contribution in [3.8, 4) is 0 Å². The number of carbonyl (C=O) groups excluding carboxylic acids is 5. The van der Waals surface area contributed by atoms with Crippen LogP contribution in [0, 0.1) is 22.7 Å². The van der Waals surface area contributed by atoms with Gasteiger partial charge in [0.15, 0.2) is 5.78 Å². The number of carbonyl (C=O) groups is 5. The van der Waals surface area contributed by atoms with Crippen LogP contribution < -0.4 is 21.3 Å². The molecule has 0 bridgehead atoms. The van der Waals surface area contributed by atoms with Crippen LogP contribution in [-0.2, 0) is 24.0 Å². The summed E-state index contributed by atoms with van der Waals surface area (Å²) in [6.07, 6.45) is 0.844. The minimum atomic E-state index is -0.912. The van der Waals surface area contributed by atoms with E-state index >= 15 is 0 Å². The van der Waals surface area contributed by atoms with Crippen molar-refractivity contribution >= 4 is 29.4 Å². The number of amides is 4. The van der Waals surface area contributed by atoms with Gasteiger partial charge in [-0.05, 0) is 38.5 Å². The highest BCUT2D eigenvalue weighted by molar-refractivity contribution is 5.96. The first kappa shape index (κ1) is 33.5. The predicted octanol–water partition coefficient (Wildman–Crippen LogP) is 2.72. The molecule has 0 saturated carbocycles. The lowest BCUT2D eigenvalue weighted by atomic mass is 9.83. The van der Waals surface area contributed by atoms with Crippen molar-refractivity contribution in [1.29, 1.82) is 0 Å². The first-order valence-electron chi connectivity index (χ1n) is 12.9. The maximum Gasteiger partial charge on any atom is 0.243 e. The molecule has 0 aromatic rings. The summed E-state index contributed by atoms with van der Waals surface area (Å²) in [7, 11) is 0. The quantitative estimate of drug-likeness (QED) is 0.320. The van der Waals surface area contributed by atoms with E-state index in [0.29, 0.717) is 12.8 Å². The molecule has 0 rings (SSSR count). The Kier molecular flexibility index (Phi) is 12.8. The molecule has 9 heteroatoms. The van der Waals surface area contributed by atoms with Crippen LogP contribution in [0.15, 0.2) is 0 Å². The molecule has 36 heavy (non-hydrogen) atoms. The zero-order valence-electron chi connectivity index (χ0n) is 24.4. The van der Waals surface area contributed by atoms with Gasteiger partial charge in [0.05, 0.1) is 6.04 Å². The van der Waals surface area contributed by atoms with Crippen molar-refractivity contribution in [3.63, 3.8) is 0 Å². The third-order valence-electron chi connectivity index (χ3n) is 5.59. The number of hydrogen-bond acceptors (Lipinski definition) is 5. The third kappa shape index (κ3) is 12.0. The summed E-state index contributed by atoms with van der Waals surface area (Å²) in [5.74, 6) is -1.52. The predicted molar refractivity (Wildman–Crippen MR) is 142 cm³/mol. The van der Waals surface area contributed by atoms with Crippen LogP contribution in [0.3, 0.4) is 0 Å². The summed E-state index contributed by atoms with van der Waals surface area (Å²) in [5.41, 5.74) is -1.28. The SMILES string of the molecule is CC(C)C[C@@H](NC(=O)[C@@H](C)NC(=O)C(C)(C)C)C(=O)N[C@H](C)C(=O)N[C@H](CC(C)C)C(=O)C(C)(C)C. The summed E-state index contributed by atoms with van der Waals surface area (Å²) < 4.78 is 0. The number of hydrogen-bond donors (Lipinski definition) is 4. The fourth-order valence-electron chi connectivity index (χ4n) is 3.38. The van der Waals surface area contributed by atoms with Crippen molar-refractivity contribution < 1.29 is 24.0 Å². The van der Waals surface area contributed by atoms with E-state index in [2.05, 4.69) is 21.3 Å². The van der Waals surface area contributed by atoms with E-state index in [1.54, 1.807) is 34.6 Å². The van der Waals surface area contributed by atoms with Gasteiger partial charge in [-0.25, -0.2) is 0 Å². The topological polar surface area (TPSA) is 133 Å². The Hall–Kier alpha value is -2.45. The summed E-state index contributed by atoms with van der Waals surface area (Å²) in [4.78, 5) is 63.7. The molecule has 4 N–H and O–H groups in total. The maximum atomic E-state index is 13.0. The molecule has 0 fully saturated rings.